The van der Waals surface area contributed by atoms with E-state index in [1.807, 2.05) is 0 Å². The van der Waals surface area contributed by atoms with Gasteiger partial charge in [0.2, 0.25) is 0 Å². The largest absolute Gasteiger partial charge is 1.00 e. The summed E-state index contributed by atoms with van der Waals surface area (Å²) in [5, 5.41) is 0. The maximum Gasteiger partial charge on any atom is 1.00 e. The van der Waals surface area contributed by atoms with Gasteiger partial charge in [-0.15, -0.1) is 0 Å². The summed E-state index contributed by atoms with van der Waals surface area (Å²) in [6.45, 7) is 1.56. The van der Waals surface area contributed by atoms with Gasteiger partial charge in [0.25, 0.3) is 0 Å². The van der Waals surface area contributed by atoms with Crippen LogP contribution in [-0.4, -0.2) is 16.8 Å². The molecule has 0 radical (unpaired) electrons. The molecule has 0 aromatic heterocycles. The minimum absolute atomic E-state index is 0. The van der Waals surface area contributed by atoms with Crippen LogP contribution < -0.4 is 29.6 Å². The number of hydrogen-bond donors (Lipinski definition) is 1. The molecular formula is C7H15NaO3P+. The second kappa shape index (κ2) is 9.82. The molecule has 0 heterocycles. The van der Waals surface area contributed by atoms with Gasteiger partial charge in [0.05, 0.1) is 0 Å². The van der Waals surface area contributed by atoms with E-state index in [0.717, 1.165) is 19.3 Å². The third-order valence-corrected chi connectivity index (χ3v) is 2.08. The number of carbonyl (C=O) groups excluding carboxylic acids is 1. The number of unbranched alkanes of at least 4 members (excludes halogenated alkanes) is 2. The Balaban J connectivity index is -0.000000500. The molecule has 1 atom stereocenters. The Morgan fingerprint density at radius 3 is 2.42 bits per heavy atom. The van der Waals surface area contributed by atoms with Gasteiger partial charge in [-0.1, -0.05) is 0 Å². The molecule has 0 saturated carbocycles. The molecule has 66 valence electrons. The molecule has 0 spiro atoms. The molecule has 3 nitrogen and oxygen atoms in total. The van der Waals surface area contributed by atoms with Crippen LogP contribution in [0, 0.1) is 0 Å². The summed E-state index contributed by atoms with van der Waals surface area (Å²) in [6.07, 6.45) is 3.44. The molecule has 0 aliphatic carbocycles. The number of Topliss-reactive ketones (excluding diaryl/α,β-unsaturated/α-hetero) is 1. The van der Waals surface area contributed by atoms with Gasteiger partial charge in [-0.2, -0.15) is 4.89 Å². The van der Waals surface area contributed by atoms with E-state index in [9.17, 15) is 9.36 Å². The molecule has 12 heavy (non-hydrogen) atoms. The molecule has 0 bridgehead atoms. The van der Waals surface area contributed by atoms with E-state index in [1.165, 1.54) is 0 Å². The molecule has 0 amide bonds. The fourth-order valence-corrected chi connectivity index (χ4v) is 1.29. The van der Waals surface area contributed by atoms with Crippen LogP contribution in [0.4, 0.5) is 0 Å². The van der Waals surface area contributed by atoms with Crippen molar-refractivity contribution in [2.45, 2.75) is 32.6 Å². The maximum atomic E-state index is 10.4. The average Bonchev–Trinajstić information content (AvgIpc) is 1.85. The Labute approximate surface area is 97.6 Å². The summed E-state index contributed by atoms with van der Waals surface area (Å²) in [5.74, 6) is 0.193. The van der Waals surface area contributed by atoms with E-state index in [-0.39, 0.29) is 36.8 Å². The Bertz CT molecular complexity index is 139. The van der Waals surface area contributed by atoms with Crippen molar-refractivity contribution < 1.29 is 45.2 Å². The third-order valence-electron chi connectivity index (χ3n) is 1.38. The number of carbonyl (C=O) groups is 1. The van der Waals surface area contributed by atoms with Crippen molar-refractivity contribution >= 4 is 13.8 Å². The summed E-state index contributed by atoms with van der Waals surface area (Å²) in [4.78, 5) is 18.8. The van der Waals surface area contributed by atoms with Crippen molar-refractivity contribution in [1.82, 2.24) is 0 Å². The van der Waals surface area contributed by atoms with E-state index in [1.54, 1.807) is 6.92 Å². The van der Waals surface area contributed by atoms with E-state index in [0.29, 0.717) is 12.6 Å². The Morgan fingerprint density at radius 1 is 1.42 bits per heavy atom. The first-order chi connectivity index (χ1) is 5.13. The Hall–Kier alpha value is 0.730. The fraction of sp³-hybridized carbons (Fsp3) is 0.857. The van der Waals surface area contributed by atoms with Crippen LogP contribution in [0.1, 0.15) is 34.0 Å². The van der Waals surface area contributed by atoms with E-state index < -0.39 is 8.03 Å². The van der Waals surface area contributed by atoms with Gasteiger partial charge >= 0.3 is 37.6 Å². The van der Waals surface area contributed by atoms with Crippen LogP contribution in [0.2, 0.25) is 0 Å². The molecule has 0 aromatic rings. The molecule has 0 fully saturated rings. The van der Waals surface area contributed by atoms with Crippen molar-refractivity contribution in [2.75, 3.05) is 6.16 Å². The second-order valence-corrected chi connectivity index (χ2v) is 3.74. The van der Waals surface area contributed by atoms with Gasteiger partial charge in [-0.05, 0) is 30.8 Å². The van der Waals surface area contributed by atoms with Crippen molar-refractivity contribution in [3.8, 4) is 0 Å². The fourth-order valence-electron chi connectivity index (χ4n) is 0.798. The van der Waals surface area contributed by atoms with Crippen molar-refractivity contribution in [3.63, 3.8) is 0 Å². The van der Waals surface area contributed by atoms with Crippen LogP contribution in [0.3, 0.4) is 0 Å². The zero-order valence-electron chi connectivity index (χ0n) is 8.75. The molecule has 0 aromatic carbocycles. The molecular weight excluding hydrogens is 186 g/mol. The van der Waals surface area contributed by atoms with Crippen molar-refractivity contribution in [1.29, 1.82) is 0 Å². The summed E-state index contributed by atoms with van der Waals surface area (Å²) >= 11 is 0. The van der Waals surface area contributed by atoms with E-state index in [2.05, 4.69) is 0 Å². The molecule has 0 aliphatic heterocycles. The van der Waals surface area contributed by atoms with Crippen LogP contribution in [0.15, 0.2) is 0 Å². The van der Waals surface area contributed by atoms with Crippen molar-refractivity contribution in [3.05, 3.63) is 0 Å². The minimum Gasteiger partial charge on any atom is -1.00 e. The zero-order chi connectivity index (χ0) is 8.69. The maximum absolute atomic E-state index is 10.4. The SMILES string of the molecule is CC(=O)CCCCC[P+](=O)O.[H-].[Na+]. The standard InChI is InChI=1S/C7H13O3P.Na.H/c1-7(8)5-3-2-4-6-11(9)10;;/h2-6H2,1H3;;/q;+1;-1/p+1. The molecule has 0 aliphatic rings. The third kappa shape index (κ3) is 13.3. The average molecular weight is 201 g/mol. The van der Waals surface area contributed by atoms with Gasteiger partial charge < -0.3 is 6.22 Å². The van der Waals surface area contributed by atoms with Gasteiger partial charge in [-0.3, -0.25) is 0 Å². The molecule has 0 rings (SSSR count). The zero-order valence-corrected chi connectivity index (χ0v) is 10.6. The minimum atomic E-state index is -1.97. The number of ketones is 1. The van der Waals surface area contributed by atoms with E-state index >= 15 is 0 Å². The Kier molecular flexibility index (Phi) is 12.4. The number of hydrogen-bond acceptors (Lipinski definition) is 2. The Morgan fingerprint density at radius 2 is 2.00 bits per heavy atom. The van der Waals surface area contributed by atoms with Crippen LogP contribution in [0.25, 0.3) is 0 Å². The van der Waals surface area contributed by atoms with Crippen molar-refractivity contribution in [2.24, 2.45) is 0 Å². The summed E-state index contributed by atoms with van der Waals surface area (Å²) in [7, 11) is -1.97. The number of rotatable bonds is 6. The van der Waals surface area contributed by atoms with Gasteiger partial charge in [0.1, 0.15) is 5.78 Å². The summed E-state index contributed by atoms with van der Waals surface area (Å²) in [6, 6.07) is 0. The summed E-state index contributed by atoms with van der Waals surface area (Å²) in [5.41, 5.74) is 0. The molecule has 0 saturated heterocycles. The molecule has 1 unspecified atom stereocenters. The monoisotopic (exact) mass is 201 g/mol. The van der Waals surface area contributed by atoms with Gasteiger partial charge in [0.15, 0.2) is 6.16 Å². The van der Waals surface area contributed by atoms with E-state index in [4.69, 9.17) is 4.89 Å². The second-order valence-electron chi connectivity index (χ2n) is 2.59. The normalized spacial score (nSPS) is 10.3. The van der Waals surface area contributed by atoms with Crippen LogP contribution in [-0.2, 0) is 9.36 Å². The van der Waals surface area contributed by atoms with Gasteiger partial charge in [-0.25, -0.2) is 0 Å². The first-order valence-electron chi connectivity index (χ1n) is 3.76. The summed E-state index contributed by atoms with van der Waals surface area (Å²) < 4.78 is 10.2. The first kappa shape index (κ1) is 15.2. The molecule has 1 N–H and O–H groups in total. The predicted octanol–water partition coefficient (Wildman–Crippen LogP) is -1.01. The smallest absolute Gasteiger partial charge is 1.00 e. The first-order valence-corrected chi connectivity index (χ1v) is 5.15. The van der Waals surface area contributed by atoms with Crippen LogP contribution >= 0.6 is 8.03 Å². The molecule has 5 heteroatoms. The van der Waals surface area contributed by atoms with Crippen LogP contribution in [0.5, 0.6) is 0 Å². The quantitative estimate of drug-likeness (QED) is 0.340. The van der Waals surface area contributed by atoms with Gasteiger partial charge in [0, 0.05) is 6.42 Å². The predicted molar refractivity (Wildman–Crippen MR) is 45.0 cm³/mol. The topological polar surface area (TPSA) is 54.4 Å².